The lowest BCUT2D eigenvalue weighted by Gasteiger charge is -2.48. The first-order valence-corrected chi connectivity index (χ1v) is 11.8. The maximum Gasteiger partial charge on any atom is 0.222 e. The normalized spacial score (nSPS) is 26.7. The van der Waals surface area contributed by atoms with Crippen LogP contribution in [0.1, 0.15) is 65.7 Å². The van der Waals surface area contributed by atoms with E-state index in [9.17, 15) is 13.2 Å². The molecule has 26 heavy (non-hydrogen) atoms. The van der Waals surface area contributed by atoms with Gasteiger partial charge in [0.1, 0.15) is 0 Å². The number of amides is 1. The van der Waals surface area contributed by atoms with Gasteiger partial charge in [-0.25, -0.2) is 8.42 Å². The zero-order chi connectivity index (χ0) is 18.9. The van der Waals surface area contributed by atoms with Crippen molar-refractivity contribution < 1.29 is 17.9 Å². The fourth-order valence-corrected chi connectivity index (χ4v) is 6.04. The molecule has 150 valence electrons. The zero-order valence-electron chi connectivity index (χ0n) is 16.4. The average molecular weight is 387 g/mol. The number of hydrogen-bond acceptors (Lipinski definition) is 4. The highest BCUT2D eigenvalue weighted by Gasteiger charge is 2.48. The number of ether oxygens (including phenoxy) is 1. The van der Waals surface area contributed by atoms with Gasteiger partial charge in [-0.3, -0.25) is 4.79 Å². The molecule has 1 unspecified atom stereocenters. The fraction of sp³-hybridized carbons (Fsp3) is 0.947. The van der Waals surface area contributed by atoms with Crippen LogP contribution in [-0.2, 0) is 19.6 Å². The summed E-state index contributed by atoms with van der Waals surface area (Å²) in [5.41, 5.74) is -0.256. The summed E-state index contributed by atoms with van der Waals surface area (Å²) in [5.74, 6) is 0.779. The predicted molar refractivity (Wildman–Crippen MR) is 101 cm³/mol. The van der Waals surface area contributed by atoms with Crippen molar-refractivity contribution in [1.29, 1.82) is 0 Å². The van der Waals surface area contributed by atoms with E-state index >= 15 is 0 Å². The van der Waals surface area contributed by atoms with Crippen molar-refractivity contribution in [1.82, 2.24) is 9.21 Å². The van der Waals surface area contributed by atoms with Crippen LogP contribution in [0.25, 0.3) is 0 Å². The molecule has 1 amide bonds. The number of sulfonamides is 1. The van der Waals surface area contributed by atoms with Gasteiger partial charge >= 0.3 is 0 Å². The van der Waals surface area contributed by atoms with Gasteiger partial charge in [0, 0.05) is 38.2 Å². The molecule has 0 radical (unpaired) electrons. The highest BCUT2D eigenvalue weighted by molar-refractivity contribution is 7.89. The minimum atomic E-state index is -3.18. The quantitative estimate of drug-likeness (QED) is 0.703. The number of rotatable bonds is 6. The van der Waals surface area contributed by atoms with Crippen molar-refractivity contribution in [2.45, 2.75) is 83.4 Å². The lowest BCUT2D eigenvalue weighted by Crippen LogP contribution is -2.56. The minimum Gasteiger partial charge on any atom is -0.375 e. The third kappa shape index (κ3) is 4.42. The molecule has 7 heteroatoms. The maximum atomic E-state index is 12.6. The van der Waals surface area contributed by atoms with Gasteiger partial charge in [-0.05, 0) is 51.4 Å². The molecule has 3 aliphatic rings. The number of hydrogen-bond donors (Lipinski definition) is 0. The van der Waals surface area contributed by atoms with Gasteiger partial charge in [0.2, 0.25) is 15.9 Å². The van der Waals surface area contributed by atoms with Crippen LogP contribution in [0.2, 0.25) is 0 Å². The zero-order valence-corrected chi connectivity index (χ0v) is 17.3. The van der Waals surface area contributed by atoms with Gasteiger partial charge in [-0.2, -0.15) is 4.31 Å². The molecule has 0 bridgehead atoms. The first-order valence-electron chi connectivity index (χ1n) is 10.2. The van der Waals surface area contributed by atoms with E-state index in [0.717, 1.165) is 51.6 Å². The standard InChI is InChI=1S/C19H34N2O4S/c1-4-26(23,24)21(16-5-6-16)17-7-12-25-19(14-17)8-10-20(11-9-19)18(22)13-15(2)3/h15-17H,4-14H2,1-3H3. The van der Waals surface area contributed by atoms with E-state index in [-0.39, 0.29) is 29.3 Å². The van der Waals surface area contributed by atoms with Crippen LogP contribution in [-0.4, -0.2) is 66.7 Å². The van der Waals surface area contributed by atoms with Gasteiger partial charge in [-0.15, -0.1) is 0 Å². The molecule has 6 nitrogen and oxygen atoms in total. The van der Waals surface area contributed by atoms with Crippen LogP contribution in [0, 0.1) is 5.92 Å². The second-order valence-electron chi connectivity index (χ2n) is 8.62. The second kappa shape index (κ2) is 7.76. The Kier molecular flexibility index (Phi) is 5.99. The first-order chi connectivity index (χ1) is 12.3. The van der Waals surface area contributed by atoms with Crippen molar-refractivity contribution in [2.75, 3.05) is 25.4 Å². The number of carbonyl (C=O) groups excluding carboxylic acids is 1. The van der Waals surface area contributed by atoms with E-state index in [2.05, 4.69) is 13.8 Å². The van der Waals surface area contributed by atoms with Gasteiger partial charge in [0.05, 0.1) is 11.4 Å². The van der Waals surface area contributed by atoms with Crippen LogP contribution in [0.5, 0.6) is 0 Å². The van der Waals surface area contributed by atoms with Crippen LogP contribution in [0.4, 0.5) is 0 Å². The molecule has 1 atom stereocenters. The lowest BCUT2D eigenvalue weighted by molar-refractivity contribution is -0.147. The Morgan fingerprint density at radius 2 is 1.85 bits per heavy atom. The summed E-state index contributed by atoms with van der Waals surface area (Å²) in [6, 6.07) is 0.256. The van der Waals surface area contributed by atoms with Crippen LogP contribution in [0.3, 0.4) is 0 Å². The molecule has 2 heterocycles. The van der Waals surface area contributed by atoms with Gasteiger partial charge < -0.3 is 9.64 Å². The Bertz CT molecular complexity index is 607. The maximum absolute atomic E-state index is 12.6. The van der Waals surface area contributed by atoms with E-state index in [0.29, 0.717) is 18.9 Å². The summed E-state index contributed by atoms with van der Waals surface area (Å²) < 4.78 is 33.3. The van der Waals surface area contributed by atoms with E-state index in [1.807, 2.05) is 9.21 Å². The summed E-state index contributed by atoms with van der Waals surface area (Å²) in [5, 5.41) is 0. The van der Waals surface area contributed by atoms with Crippen LogP contribution in [0.15, 0.2) is 0 Å². The van der Waals surface area contributed by atoms with Crippen LogP contribution >= 0.6 is 0 Å². The smallest absolute Gasteiger partial charge is 0.222 e. The molecule has 0 aromatic carbocycles. The largest absolute Gasteiger partial charge is 0.375 e. The highest BCUT2D eigenvalue weighted by Crippen LogP contribution is 2.41. The average Bonchev–Trinajstić information content (AvgIpc) is 3.39. The Morgan fingerprint density at radius 1 is 1.19 bits per heavy atom. The molecule has 0 aromatic rings. The van der Waals surface area contributed by atoms with Crippen molar-refractivity contribution in [3.63, 3.8) is 0 Å². The second-order valence-corrected chi connectivity index (χ2v) is 10.8. The molecular formula is C19H34N2O4S. The monoisotopic (exact) mass is 386 g/mol. The Morgan fingerprint density at radius 3 is 2.38 bits per heavy atom. The highest BCUT2D eigenvalue weighted by atomic mass is 32.2. The third-order valence-electron chi connectivity index (χ3n) is 6.03. The Balaban J connectivity index is 1.64. The van der Waals surface area contributed by atoms with E-state index in [1.165, 1.54) is 0 Å². The van der Waals surface area contributed by atoms with Crippen LogP contribution < -0.4 is 0 Å². The summed E-state index contributed by atoms with van der Waals surface area (Å²) in [4.78, 5) is 14.3. The first kappa shape index (κ1) is 20.1. The molecule has 2 saturated heterocycles. The molecule has 1 aliphatic carbocycles. The molecule has 0 N–H and O–H groups in total. The fourth-order valence-electron chi connectivity index (χ4n) is 4.44. The third-order valence-corrected chi connectivity index (χ3v) is 8.00. The molecule has 3 rings (SSSR count). The van der Waals surface area contributed by atoms with Crippen molar-refractivity contribution in [3.8, 4) is 0 Å². The Labute approximate surface area is 158 Å². The van der Waals surface area contributed by atoms with Crippen molar-refractivity contribution in [3.05, 3.63) is 0 Å². The number of piperidine rings is 1. The number of carbonyl (C=O) groups is 1. The summed E-state index contributed by atoms with van der Waals surface area (Å²) in [7, 11) is -3.18. The summed E-state index contributed by atoms with van der Waals surface area (Å²) in [6.07, 6.45) is 5.77. The molecule has 3 fully saturated rings. The van der Waals surface area contributed by atoms with Gasteiger partial charge in [0.15, 0.2) is 0 Å². The minimum absolute atomic E-state index is 0.0547. The van der Waals surface area contributed by atoms with E-state index in [4.69, 9.17) is 4.74 Å². The predicted octanol–water partition coefficient (Wildman–Crippen LogP) is 2.39. The van der Waals surface area contributed by atoms with Crippen molar-refractivity contribution in [2.24, 2.45) is 5.92 Å². The van der Waals surface area contributed by atoms with Gasteiger partial charge in [0.25, 0.3) is 0 Å². The molecule has 2 aliphatic heterocycles. The summed E-state index contributed by atoms with van der Waals surface area (Å²) >= 11 is 0. The Hall–Kier alpha value is -0.660. The summed E-state index contributed by atoms with van der Waals surface area (Å²) in [6.45, 7) is 7.94. The SMILES string of the molecule is CCS(=O)(=O)N(C1CC1)C1CCOC2(CCN(C(=O)CC(C)C)CC2)C1. The van der Waals surface area contributed by atoms with Crippen molar-refractivity contribution >= 4 is 15.9 Å². The molecule has 1 saturated carbocycles. The lowest BCUT2D eigenvalue weighted by atomic mass is 9.82. The van der Waals surface area contributed by atoms with E-state index < -0.39 is 10.0 Å². The van der Waals surface area contributed by atoms with Gasteiger partial charge in [-0.1, -0.05) is 13.8 Å². The molecule has 0 aromatic heterocycles. The number of nitrogens with zero attached hydrogens (tertiary/aromatic N) is 2. The van der Waals surface area contributed by atoms with E-state index in [1.54, 1.807) is 6.92 Å². The molecular weight excluding hydrogens is 352 g/mol. The topological polar surface area (TPSA) is 66.9 Å². The number of likely N-dealkylation sites (tertiary alicyclic amines) is 1. The molecule has 1 spiro atoms.